The zero-order valence-corrected chi connectivity index (χ0v) is 13.6. The normalized spacial score (nSPS) is 26.3. The van der Waals surface area contributed by atoms with Gasteiger partial charge in [0.25, 0.3) is 5.91 Å². The summed E-state index contributed by atoms with van der Waals surface area (Å²) in [5, 5.41) is 16.5. The maximum absolute atomic E-state index is 12.5. The predicted octanol–water partition coefficient (Wildman–Crippen LogP) is 1.12. The molecule has 0 bridgehead atoms. The van der Waals surface area contributed by atoms with E-state index in [9.17, 15) is 14.7 Å². The summed E-state index contributed by atoms with van der Waals surface area (Å²) in [5.41, 5.74) is -0.980. The maximum Gasteiger partial charge on any atom is 0.330 e. The number of aliphatic carboxylic acids is 1. The molecule has 1 aliphatic rings. The van der Waals surface area contributed by atoms with Crippen LogP contribution >= 0.6 is 0 Å². The van der Waals surface area contributed by atoms with Crippen LogP contribution in [-0.2, 0) is 16.6 Å². The Morgan fingerprint density at radius 2 is 2.18 bits per heavy atom. The SMILES string of the molecule is CCO[C@H]1C[C@@](NC(=O)c2cc(C)nn2C)(C(=O)O)C1(C)C. The number of hydrogen-bond acceptors (Lipinski definition) is 4. The molecule has 1 amide bonds. The van der Waals surface area contributed by atoms with Crippen LogP contribution in [0, 0.1) is 12.3 Å². The van der Waals surface area contributed by atoms with Crippen molar-refractivity contribution in [3.05, 3.63) is 17.5 Å². The van der Waals surface area contributed by atoms with Crippen LogP contribution in [0.1, 0.15) is 43.4 Å². The van der Waals surface area contributed by atoms with E-state index in [0.717, 1.165) is 0 Å². The van der Waals surface area contributed by atoms with Gasteiger partial charge >= 0.3 is 5.97 Å². The molecule has 1 saturated carbocycles. The van der Waals surface area contributed by atoms with Gasteiger partial charge in [0.05, 0.1) is 11.8 Å². The molecular weight excluding hydrogens is 286 g/mol. The second-order valence-electron chi connectivity index (χ2n) is 6.33. The van der Waals surface area contributed by atoms with Crippen molar-refractivity contribution in [1.82, 2.24) is 15.1 Å². The molecule has 0 spiro atoms. The number of carbonyl (C=O) groups is 2. The molecule has 1 aliphatic carbocycles. The summed E-state index contributed by atoms with van der Waals surface area (Å²) in [5.74, 6) is -1.48. The molecule has 0 unspecified atom stereocenters. The zero-order chi connectivity index (χ0) is 16.7. The lowest BCUT2D eigenvalue weighted by Crippen LogP contribution is -2.76. The molecule has 2 N–H and O–H groups in total. The van der Waals surface area contributed by atoms with Crippen molar-refractivity contribution in [3.8, 4) is 0 Å². The van der Waals surface area contributed by atoms with E-state index in [0.29, 0.717) is 18.0 Å². The molecule has 1 heterocycles. The fourth-order valence-electron chi connectivity index (χ4n) is 3.12. The Kier molecular flexibility index (Phi) is 4.04. The van der Waals surface area contributed by atoms with Gasteiger partial charge in [0.1, 0.15) is 11.2 Å². The number of carbonyl (C=O) groups excluding carboxylic acids is 1. The van der Waals surface area contributed by atoms with Crippen LogP contribution in [0.5, 0.6) is 0 Å². The minimum Gasteiger partial charge on any atom is -0.479 e. The highest BCUT2D eigenvalue weighted by Gasteiger charge is 2.66. The van der Waals surface area contributed by atoms with Gasteiger partial charge in [-0.25, -0.2) is 4.79 Å². The van der Waals surface area contributed by atoms with Crippen molar-refractivity contribution < 1.29 is 19.4 Å². The van der Waals surface area contributed by atoms with Gasteiger partial charge in [0, 0.05) is 25.5 Å². The third-order valence-corrected chi connectivity index (χ3v) is 4.69. The Balaban J connectivity index is 2.26. The monoisotopic (exact) mass is 309 g/mol. The molecule has 0 saturated heterocycles. The number of aromatic nitrogens is 2. The molecular formula is C15H23N3O4. The summed E-state index contributed by atoms with van der Waals surface area (Å²) in [6.45, 7) is 7.77. The van der Waals surface area contributed by atoms with E-state index in [-0.39, 0.29) is 12.5 Å². The van der Waals surface area contributed by atoms with E-state index in [1.54, 1.807) is 33.9 Å². The lowest BCUT2D eigenvalue weighted by molar-refractivity contribution is -0.190. The van der Waals surface area contributed by atoms with Gasteiger partial charge in [-0.15, -0.1) is 0 Å². The highest BCUT2D eigenvalue weighted by atomic mass is 16.5. The molecule has 0 radical (unpaired) electrons. The molecule has 0 aromatic carbocycles. The molecule has 1 aromatic heterocycles. The Morgan fingerprint density at radius 1 is 1.55 bits per heavy atom. The first kappa shape index (κ1) is 16.5. The lowest BCUT2D eigenvalue weighted by atomic mass is 9.54. The van der Waals surface area contributed by atoms with Crippen LogP contribution in [0.15, 0.2) is 6.07 Å². The van der Waals surface area contributed by atoms with Crippen molar-refractivity contribution in [2.24, 2.45) is 12.5 Å². The lowest BCUT2D eigenvalue weighted by Gasteiger charge is -2.58. The van der Waals surface area contributed by atoms with Gasteiger partial charge in [0.15, 0.2) is 0 Å². The van der Waals surface area contributed by atoms with Crippen molar-refractivity contribution in [1.29, 1.82) is 0 Å². The topological polar surface area (TPSA) is 93.5 Å². The third-order valence-electron chi connectivity index (χ3n) is 4.69. The van der Waals surface area contributed by atoms with Crippen LogP contribution in [0.25, 0.3) is 0 Å². The van der Waals surface area contributed by atoms with E-state index in [1.807, 2.05) is 6.92 Å². The average molecular weight is 309 g/mol. The van der Waals surface area contributed by atoms with E-state index in [2.05, 4.69) is 10.4 Å². The summed E-state index contributed by atoms with van der Waals surface area (Å²) < 4.78 is 7.03. The zero-order valence-electron chi connectivity index (χ0n) is 13.6. The summed E-state index contributed by atoms with van der Waals surface area (Å²) >= 11 is 0. The summed E-state index contributed by atoms with van der Waals surface area (Å²) in [7, 11) is 1.66. The number of rotatable bonds is 5. The first-order valence-electron chi connectivity index (χ1n) is 7.34. The number of carboxylic acids is 1. The van der Waals surface area contributed by atoms with Crippen molar-refractivity contribution in [2.45, 2.75) is 45.8 Å². The number of hydrogen-bond donors (Lipinski definition) is 2. The largest absolute Gasteiger partial charge is 0.479 e. The fourth-order valence-corrected chi connectivity index (χ4v) is 3.12. The first-order valence-corrected chi connectivity index (χ1v) is 7.34. The number of ether oxygens (including phenoxy) is 1. The fraction of sp³-hybridized carbons (Fsp3) is 0.667. The molecule has 22 heavy (non-hydrogen) atoms. The van der Waals surface area contributed by atoms with E-state index < -0.39 is 22.8 Å². The molecule has 122 valence electrons. The molecule has 2 atom stereocenters. The van der Waals surface area contributed by atoms with Gasteiger partial charge in [-0.2, -0.15) is 5.10 Å². The standard InChI is InChI=1S/C15H23N3O4/c1-6-22-11-8-15(13(20)21,14(11,3)4)16-12(19)10-7-9(2)17-18(10)5/h7,11H,6,8H2,1-5H3,(H,16,19)(H,20,21)/t11-,15+/m0/s1. The van der Waals surface area contributed by atoms with Gasteiger partial charge in [-0.3, -0.25) is 9.48 Å². The second-order valence-corrected chi connectivity index (χ2v) is 6.33. The quantitative estimate of drug-likeness (QED) is 0.850. The van der Waals surface area contributed by atoms with Crippen LogP contribution < -0.4 is 5.32 Å². The van der Waals surface area contributed by atoms with Crippen LogP contribution in [-0.4, -0.2) is 45.0 Å². The van der Waals surface area contributed by atoms with E-state index >= 15 is 0 Å². The van der Waals surface area contributed by atoms with Gasteiger partial charge in [-0.1, -0.05) is 13.8 Å². The number of carboxylic acid groups (broad SMARTS) is 1. The Morgan fingerprint density at radius 3 is 2.59 bits per heavy atom. The van der Waals surface area contributed by atoms with Gasteiger partial charge in [-0.05, 0) is 19.9 Å². The van der Waals surface area contributed by atoms with Crippen molar-refractivity contribution in [2.75, 3.05) is 6.61 Å². The summed E-state index contributed by atoms with van der Waals surface area (Å²) in [6, 6.07) is 1.64. The molecule has 2 rings (SSSR count). The maximum atomic E-state index is 12.5. The highest BCUT2D eigenvalue weighted by Crippen LogP contribution is 2.51. The molecule has 0 aliphatic heterocycles. The minimum absolute atomic E-state index is 0.192. The molecule has 7 nitrogen and oxygen atoms in total. The Labute approximate surface area is 129 Å². The number of nitrogens with one attached hydrogen (secondary N) is 1. The number of amides is 1. The molecule has 1 fully saturated rings. The van der Waals surface area contributed by atoms with Gasteiger partial charge < -0.3 is 15.2 Å². The summed E-state index contributed by atoms with van der Waals surface area (Å²) in [4.78, 5) is 24.3. The van der Waals surface area contributed by atoms with Crippen LogP contribution in [0.2, 0.25) is 0 Å². The minimum atomic E-state index is -1.33. The number of aryl methyl sites for hydroxylation is 2. The Hall–Kier alpha value is -1.89. The molecule has 1 aromatic rings. The summed E-state index contributed by atoms with van der Waals surface area (Å²) in [6.07, 6.45) is 0.0633. The van der Waals surface area contributed by atoms with Gasteiger partial charge in [0.2, 0.25) is 0 Å². The van der Waals surface area contributed by atoms with Crippen molar-refractivity contribution in [3.63, 3.8) is 0 Å². The van der Waals surface area contributed by atoms with E-state index in [1.165, 1.54) is 4.68 Å². The van der Waals surface area contributed by atoms with E-state index in [4.69, 9.17) is 4.74 Å². The van der Waals surface area contributed by atoms with Crippen LogP contribution in [0.4, 0.5) is 0 Å². The first-order chi connectivity index (χ1) is 10.2. The third kappa shape index (κ3) is 2.29. The highest BCUT2D eigenvalue weighted by molar-refractivity contribution is 5.97. The smallest absolute Gasteiger partial charge is 0.330 e. The molecule has 7 heteroatoms. The van der Waals surface area contributed by atoms with Crippen LogP contribution in [0.3, 0.4) is 0 Å². The predicted molar refractivity (Wildman–Crippen MR) is 79.6 cm³/mol. The average Bonchev–Trinajstić information content (AvgIpc) is 2.75. The Bertz CT molecular complexity index is 608. The second kappa shape index (κ2) is 5.39. The number of nitrogens with zero attached hydrogens (tertiary/aromatic N) is 2. The van der Waals surface area contributed by atoms with Crippen molar-refractivity contribution >= 4 is 11.9 Å².